The van der Waals surface area contributed by atoms with Gasteiger partial charge in [-0.15, -0.1) is 0 Å². The number of halogens is 2. The normalized spacial score (nSPS) is 11.3. The van der Waals surface area contributed by atoms with Gasteiger partial charge in [0.1, 0.15) is 12.4 Å². The Morgan fingerprint density at radius 3 is 2.47 bits per heavy atom. The minimum atomic E-state index is 0.0280. The number of Topliss-reactive ketones (excluding diaryl/α,β-unsaturated/α-hetero) is 1. The van der Waals surface area contributed by atoms with Crippen molar-refractivity contribution in [2.24, 2.45) is 0 Å². The molecule has 0 fully saturated rings. The van der Waals surface area contributed by atoms with Crippen molar-refractivity contribution in [2.45, 2.75) is 6.92 Å². The van der Waals surface area contributed by atoms with Crippen molar-refractivity contribution >= 4 is 29.0 Å². The van der Waals surface area contributed by atoms with E-state index in [1.54, 1.807) is 24.3 Å². The highest BCUT2D eigenvalue weighted by atomic mass is 35.5. The van der Waals surface area contributed by atoms with Crippen molar-refractivity contribution in [3.63, 3.8) is 0 Å². The average molecular weight is 245 g/mol. The molecule has 0 aliphatic heterocycles. The van der Waals surface area contributed by atoms with E-state index in [2.05, 4.69) is 0 Å². The lowest BCUT2D eigenvalue weighted by atomic mass is 10.1. The van der Waals surface area contributed by atoms with Gasteiger partial charge in [0.15, 0.2) is 5.78 Å². The van der Waals surface area contributed by atoms with Crippen LogP contribution in [0.4, 0.5) is 0 Å². The van der Waals surface area contributed by atoms with Crippen molar-refractivity contribution in [3.8, 4) is 5.75 Å². The molecule has 0 aliphatic rings. The lowest BCUT2D eigenvalue weighted by Gasteiger charge is -2.04. The molecule has 0 bridgehead atoms. The molecule has 0 radical (unpaired) electrons. The summed E-state index contributed by atoms with van der Waals surface area (Å²) in [5, 5.41) is 0.423. The Kier molecular flexibility index (Phi) is 4.66. The lowest BCUT2D eigenvalue weighted by molar-refractivity contribution is 0.101. The van der Waals surface area contributed by atoms with Gasteiger partial charge >= 0.3 is 0 Å². The molecule has 0 saturated heterocycles. The van der Waals surface area contributed by atoms with E-state index in [0.29, 0.717) is 16.3 Å². The summed E-state index contributed by atoms with van der Waals surface area (Å²) in [7, 11) is 0. The maximum absolute atomic E-state index is 11.0. The number of benzene rings is 1. The van der Waals surface area contributed by atoms with E-state index in [4.69, 9.17) is 27.9 Å². The maximum atomic E-state index is 11.0. The Labute approximate surface area is 98.4 Å². The summed E-state index contributed by atoms with van der Waals surface area (Å²) in [4.78, 5) is 11.0. The highest BCUT2D eigenvalue weighted by Crippen LogP contribution is 2.14. The Balaban J connectivity index is 2.61. The Morgan fingerprint density at radius 2 is 2.00 bits per heavy atom. The first-order valence-electron chi connectivity index (χ1n) is 4.32. The van der Waals surface area contributed by atoms with Crippen LogP contribution in [-0.4, -0.2) is 12.4 Å². The largest absolute Gasteiger partial charge is 0.488 e. The van der Waals surface area contributed by atoms with Crippen molar-refractivity contribution in [3.05, 3.63) is 40.4 Å². The smallest absolute Gasteiger partial charge is 0.159 e. The number of carbonyl (C=O) groups excluding carboxylic acids is 1. The Morgan fingerprint density at radius 1 is 1.40 bits per heavy atom. The third kappa shape index (κ3) is 3.94. The van der Waals surface area contributed by atoms with Crippen LogP contribution in [0.25, 0.3) is 0 Å². The maximum Gasteiger partial charge on any atom is 0.159 e. The second-order valence-corrected chi connectivity index (χ2v) is 3.63. The summed E-state index contributed by atoms with van der Waals surface area (Å²) in [6, 6.07) is 6.84. The summed E-state index contributed by atoms with van der Waals surface area (Å²) in [5.74, 6) is 0.678. The van der Waals surface area contributed by atoms with Crippen LogP contribution in [0.15, 0.2) is 34.8 Å². The molecule has 0 aromatic heterocycles. The predicted octanol–water partition coefficient (Wildman–Crippen LogP) is 3.59. The molecule has 1 rings (SSSR count). The molecule has 1 aromatic carbocycles. The molecule has 1 aromatic rings. The SMILES string of the molecule is CC(=O)c1ccc(OCC(Cl)=CCl)cc1. The zero-order valence-electron chi connectivity index (χ0n) is 8.17. The molecule has 15 heavy (non-hydrogen) atoms. The number of hydrogen-bond donors (Lipinski definition) is 0. The molecule has 0 heterocycles. The van der Waals surface area contributed by atoms with Crippen molar-refractivity contribution < 1.29 is 9.53 Å². The molecule has 80 valence electrons. The molecule has 0 amide bonds. The van der Waals surface area contributed by atoms with Gasteiger partial charge in [-0.05, 0) is 31.2 Å². The fourth-order valence-electron chi connectivity index (χ4n) is 0.970. The Hall–Kier alpha value is -0.990. The molecule has 0 N–H and O–H groups in total. The number of rotatable bonds is 4. The average Bonchev–Trinajstić information content (AvgIpc) is 2.26. The van der Waals surface area contributed by atoms with Crippen LogP contribution >= 0.6 is 23.2 Å². The molecule has 0 aliphatic carbocycles. The molecule has 0 saturated carbocycles. The second-order valence-electron chi connectivity index (χ2n) is 2.93. The van der Waals surface area contributed by atoms with Gasteiger partial charge in [0, 0.05) is 11.1 Å². The number of carbonyl (C=O) groups is 1. The third-order valence-electron chi connectivity index (χ3n) is 1.76. The van der Waals surface area contributed by atoms with E-state index in [1.807, 2.05) is 0 Å². The summed E-state index contributed by atoms with van der Waals surface area (Å²) >= 11 is 11.0. The van der Waals surface area contributed by atoms with Gasteiger partial charge in [-0.2, -0.15) is 0 Å². The monoisotopic (exact) mass is 244 g/mol. The van der Waals surface area contributed by atoms with Crippen LogP contribution in [0.2, 0.25) is 0 Å². The predicted molar refractivity (Wildman–Crippen MR) is 61.7 cm³/mol. The molecular formula is C11H10Cl2O2. The molecule has 0 unspecified atom stereocenters. The van der Waals surface area contributed by atoms with E-state index < -0.39 is 0 Å². The minimum Gasteiger partial charge on any atom is -0.488 e. The van der Waals surface area contributed by atoms with Gasteiger partial charge in [-0.1, -0.05) is 23.2 Å². The Bertz CT molecular complexity index is 369. The van der Waals surface area contributed by atoms with Crippen molar-refractivity contribution in [2.75, 3.05) is 6.61 Å². The zero-order chi connectivity index (χ0) is 11.3. The lowest BCUT2D eigenvalue weighted by Crippen LogP contribution is -1.97. The standard InChI is InChI=1S/C11H10Cl2O2/c1-8(14)9-2-4-11(5-3-9)15-7-10(13)6-12/h2-6H,7H2,1H3. The van der Waals surface area contributed by atoms with Crippen molar-refractivity contribution in [1.82, 2.24) is 0 Å². The zero-order valence-corrected chi connectivity index (χ0v) is 9.68. The van der Waals surface area contributed by atoms with Gasteiger partial charge in [0.05, 0.1) is 5.03 Å². The quantitative estimate of drug-likeness (QED) is 0.757. The third-order valence-corrected chi connectivity index (χ3v) is 2.35. The summed E-state index contributed by atoms with van der Waals surface area (Å²) in [6.45, 7) is 1.74. The van der Waals surface area contributed by atoms with Crippen molar-refractivity contribution in [1.29, 1.82) is 0 Å². The second kappa shape index (κ2) is 5.79. The first kappa shape index (κ1) is 12.1. The van der Waals surface area contributed by atoms with Gasteiger partial charge < -0.3 is 4.74 Å². The topological polar surface area (TPSA) is 26.3 Å². The van der Waals surface area contributed by atoms with Crippen LogP contribution in [0.3, 0.4) is 0 Å². The first-order chi connectivity index (χ1) is 7.13. The fourth-order valence-corrected chi connectivity index (χ4v) is 1.09. The summed E-state index contributed by atoms with van der Waals surface area (Å²) < 4.78 is 5.30. The van der Waals surface area contributed by atoms with Crippen LogP contribution < -0.4 is 4.74 Å². The van der Waals surface area contributed by atoms with E-state index in [9.17, 15) is 4.79 Å². The number of ketones is 1. The van der Waals surface area contributed by atoms with E-state index in [1.165, 1.54) is 12.5 Å². The molecule has 4 heteroatoms. The van der Waals surface area contributed by atoms with Gasteiger partial charge in [-0.25, -0.2) is 0 Å². The first-order valence-corrected chi connectivity index (χ1v) is 5.13. The molecule has 0 spiro atoms. The number of ether oxygens (including phenoxy) is 1. The van der Waals surface area contributed by atoms with E-state index in [-0.39, 0.29) is 12.4 Å². The summed E-state index contributed by atoms with van der Waals surface area (Å²) in [5.41, 5.74) is 1.91. The molecular weight excluding hydrogens is 235 g/mol. The van der Waals surface area contributed by atoms with Crippen LogP contribution in [-0.2, 0) is 0 Å². The van der Waals surface area contributed by atoms with Crippen LogP contribution in [0.1, 0.15) is 17.3 Å². The van der Waals surface area contributed by atoms with E-state index in [0.717, 1.165) is 0 Å². The summed E-state index contributed by atoms with van der Waals surface area (Å²) in [6.07, 6.45) is 0. The molecule has 2 nitrogen and oxygen atoms in total. The fraction of sp³-hybridized carbons (Fsp3) is 0.182. The van der Waals surface area contributed by atoms with Gasteiger partial charge in [0.2, 0.25) is 0 Å². The van der Waals surface area contributed by atoms with Crippen LogP contribution in [0.5, 0.6) is 5.75 Å². The van der Waals surface area contributed by atoms with Crippen LogP contribution in [0, 0.1) is 0 Å². The van der Waals surface area contributed by atoms with E-state index >= 15 is 0 Å². The molecule has 0 atom stereocenters. The number of hydrogen-bond acceptors (Lipinski definition) is 2. The highest BCUT2D eigenvalue weighted by Gasteiger charge is 2.00. The van der Waals surface area contributed by atoms with Gasteiger partial charge in [-0.3, -0.25) is 4.79 Å². The highest BCUT2D eigenvalue weighted by molar-refractivity contribution is 6.36. The minimum absolute atomic E-state index is 0.0280. The van der Waals surface area contributed by atoms with Gasteiger partial charge in [0.25, 0.3) is 0 Å².